The van der Waals surface area contributed by atoms with E-state index in [0.717, 1.165) is 48.1 Å². The van der Waals surface area contributed by atoms with Crippen LogP contribution >= 0.6 is 50.2 Å². The highest BCUT2D eigenvalue weighted by atomic mass is 35.5. The average Bonchev–Trinajstić information content (AvgIpc) is 3.58. The molecule has 0 bridgehead atoms. The van der Waals surface area contributed by atoms with Crippen molar-refractivity contribution in [2.45, 2.75) is 76.4 Å². The molecule has 0 radical (unpaired) electrons. The number of pyridine rings is 2. The summed E-state index contributed by atoms with van der Waals surface area (Å²) in [5.41, 5.74) is 3.60. The molecule has 0 spiro atoms. The van der Waals surface area contributed by atoms with Crippen molar-refractivity contribution in [3.05, 3.63) is 70.7 Å². The minimum atomic E-state index is -0.444. The van der Waals surface area contributed by atoms with Crippen molar-refractivity contribution in [2.24, 2.45) is 11.8 Å². The lowest BCUT2D eigenvalue weighted by Crippen LogP contribution is -2.18. The van der Waals surface area contributed by atoms with Gasteiger partial charge in [0.25, 0.3) is 0 Å². The molecule has 2 atom stereocenters. The number of imidazole rings is 2. The van der Waals surface area contributed by atoms with Gasteiger partial charge in [0, 0.05) is 10.0 Å². The Kier molecular flexibility index (Phi) is 11.7. The number of rotatable bonds is 4. The van der Waals surface area contributed by atoms with E-state index < -0.39 is 12.2 Å². The van der Waals surface area contributed by atoms with Crippen molar-refractivity contribution >= 4 is 61.2 Å². The molecular formula is C28H38Cl2N4O2S2. The summed E-state index contributed by atoms with van der Waals surface area (Å²) in [7, 11) is 0. The Balaban J connectivity index is 0.000000200. The number of aromatic nitrogens is 4. The summed E-state index contributed by atoms with van der Waals surface area (Å²) in [6.07, 6.45) is 18.0. The lowest BCUT2D eigenvalue weighted by Gasteiger charge is -2.27. The van der Waals surface area contributed by atoms with Gasteiger partial charge >= 0.3 is 0 Å². The molecule has 2 aliphatic rings. The molecule has 4 heterocycles. The molecule has 2 fully saturated rings. The molecule has 2 N–H and O–H groups in total. The van der Waals surface area contributed by atoms with Gasteiger partial charge < -0.3 is 19.0 Å². The predicted molar refractivity (Wildman–Crippen MR) is 164 cm³/mol. The van der Waals surface area contributed by atoms with Crippen molar-refractivity contribution in [3.8, 4) is 0 Å². The van der Waals surface area contributed by atoms with Gasteiger partial charge in [0.15, 0.2) is 0 Å². The molecule has 0 unspecified atom stereocenters. The SMILES string of the molecule is O[C@@H](c1cc(Cl)cc2cncn12)C1CCCCC1.O[C@H](c1cc(Cl)cc2cncn12)C1CCCCC1.S.S. The fourth-order valence-electron chi connectivity index (χ4n) is 5.88. The first-order valence-corrected chi connectivity index (χ1v) is 13.9. The van der Waals surface area contributed by atoms with Gasteiger partial charge in [-0.2, -0.15) is 27.0 Å². The van der Waals surface area contributed by atoms with E-state index in [1.54, 1.807) is 25.0 Å². The molecule has 4 aromatic heterocycles. The molecule has 6 nitrogen and oxygen atoms in total. The second kappa shape index (κ2) is 14.3. The van der Waals surface area contributed by atoms with Crippen LogP contribution in [0.3, 0.4) is 0 Å². The second-order valence-electron chi connectivity index (χ2n) is 10.3. The zero-order valence-corrected chi connectivity index (χ0v) is 25.0. The first-order chi connectivity index (χ1) is 17.5. The Bertz CT molecular complexity index is 1200. The lowest BCUT2D eigenvalue weighted by molar-refractivity contribution is 0.0800. The standard InChI is InChI=1S/2C14H17ClN2O.2H2S/c2*15-11-6-12-8-16-9-17(12)13(7-11)14(18)10-4-2-1-3-5-10;;/h2*6-10,14,18H,1-5H2;2*1H2/t2*14-;;/m10../s1. The molecule has 4 aromatic rings. The fraction of sp³-hybridized carbons (Fsp3) is 0.500. The largest absolute Gasteiger partial charge is 0.387 e. The molecule has 0 aliphatic heterocycles. The van der Waals surface area contributed by atoms with E-state index >= 15 is 0 Å². The van der Waals surface area contributed by atoms with Gasteiger partial charge in [0.2, 0.25) is 0 Å². The summed E-state index contributed by atoms with van der Waals surface area (Å²) < 4.78 is 3.87. The summed E-state index contributed by atoms with van der Waals surface area (Å²) in [5, 5.41) is 22.5. The quantitative estimate of drug-likeness (QED) is 0.257. The summed E-state index contributed by atoms with van der Waals surface area (Å²) >= 11 is 12.2. The fourth-order valence-corrected chi connectivity index (χ4v) is 6.33. The van der Waals surface area contributed by atoms with Crippen molar-refractivity contribution in [2.75, 3.05) is 0 Å². The van der Waals surface area contributed by atoms with E-state index in [9.17, 15) is 10.2 Å². The van der Waals surface area contributed by atoms with E-state index in [1.807, 2.05) is 33.1 Å². The Morgan fingerprint density at radius 2 is 1.00 bits per heavy atom. The summed E-state index contributed by atoms with van der Waals surface area (Å²) in [5.74, 6) is 0.700. The van der Waals surface area contributed by atoms with Gasteiger partial charge in [-0.15, -0.1) is 0 Å². The van der Waals surface area contributed by atoms with Crippen LogP contribution in [-0.4, -0.2) is 29.0 Å². The molecule has 0 saturated heterocycles. The van der Waals surface area contributed by atoms with Crippen LogP contribution < -0.4 is 0 Å². The van der Waals surface area contributed by atoms with E-state index in [0.29, 0.717) is 21.9 Å². The summed E-state index contributed by atoms with van der Waals surface area (Å²) in [6.45, 7) is 0. The van der Waals surface area contributed by atoms with E-state index in [1.165, 1.54) is 38.5 Å². The van der Waals surface area contributed by atoms with E-state index in [4.69, 9.17) is 23.2 Å². The number of aliphatic hydroxyl groups is 2. The number of hydrogen-bond acceptors (Lipinski definition) is 4. The van der Waals surface area contributed by atoms with E-state index in [2.05, 4.69) is 9.97 Å². The third-order valence-corrected chi connectivity index (χ3v) is 8.27. The van der Waals surface area contributed by atoms with Gasteiger partial charge in [-0.05, 0) is 61.8 Å². The van der Waals surface area contributed by atoms with Gasteiger partial charge in [-0.1, -0.05) is 61.7 Å². The summed E-state index contributed by atoms with van der Waals surface area (Å²) in [4.78, 5) is 8.25. The van der Waals surface area contributed by atoms with Gasteiger partial charge in [0.05, 0.1) is 59.7 Å². The van der Waals surface area contributed by atoms with Crippen LogP contribution in [0.5, 0.6) is 0 Å². The van der Waals surface area contributed by atoms with Crippen LogP contribution in [0.15, 0.2) is 49.3 Å². The summed E-state index contributed by atoms with van der Waals surface area (Å²) in [6, 6.07) is 7.45. The van der Waals surface area contributed by atoms with Gasteiger partial charge in [-0.3, -0.25) is 0 Å². The third kappa shape index (κ3) is 7.01. The number of hydrogen-bond donors (Lipinski definition) is 2. The first-order valence-electron chi connectivity index (χ1n) is 13.1. The van der Waals surface area contributed by atoms with Crippen LogP contribution in [0.1, 0.15) is 87.8 Å². The van der Waals surface area contributed by atoms with Crippen molar-refractivity contribution in [3.63, 3.8) is 0 Å². The molecule has 6 rings (SSSR count). The lowest BCUT2D eigenvalue weighted by atomic mass is 9.84. The Hall–Kier alpha value is -1.42. The zero-order valence-electron chi connectivity index (χ0n) is 21.4. The van der Waals surface area contributed by atoms with Crippen LogP contribution in [0.25, 0.3) is 11.0 Å². The monoisotopic (exact) mass is 596 g/mol. The average molecular weight is 598 g/mol. The van der Waals surface area contributed by atoms with Gasteiger partial charge in [0.1, 0.15) is 0 Å². The molecule has 208 valence electrons. The molecule has 0 aromatic carbocycles. The Morgan fingerprint density at radius 3 is 1.37 bits per heavy atom. The molecule has 38 heavy (non-hydrogen) atoms. The maximum Gasteiger partial charge on any atom is 0.0995 e. The highest BCUT2D eigenvalue weighted by Crippen LogP contribution is 2.36. The smallest absolute Gasteiger partial charge is 0.0995 e. The van der Waals surface area contributed by atoms with Crippen molar-refractivity contribution in [1.29, 1.82) is 0 Å². The predicted octanol–water partition coefficient (Wildman–Crippen LogP) is 7.43. The topological polar surface area (TPSA) is 75.1 Å². The van der Waals surface area contributed by atoms with Crippen molar-refractivity contribution in [1.82, 2.24) is 18.8 Å². The molecule has 2 saturated carbocycles. The highest BCUT2D eigenvalue weighted by Gasteiger charge is 2.26. The normalized spacial score (nSPS) is 18.2. The minimum absolute atomic E-state index is 0. The zero-order chi connectivity index (χ0) is 25.1. The molecule has 10 heteroatoms. The molecular weight excluding hydrogens is 559 g/mol. The Morgan fingerprint density at radius 1 is 0.632 bits per heavy atom. The van der Waals surface area contributed by atoms with Crippen LogP contribution in [-0.2, 0) is 0 Å². The van der Waals surface area contributed by atoms with Crippen molar-refractivity contribution < 1.29 is 10.2 Å². The number of aliphatic hydroxyl groups excluding tert-OH is 2. The van der Waals surface area contributed by atoms with E-state index in [-0.39, 0.29) is 27.0 Å². The number of nitrogens with zero attached hydrogens (tertiary/aromatic N) is 4. The van der Waals surface area contributed by atoms with Crippen LogP contribution in [0.2, 0.25) is 10.0 Å². The second-order valence-corrected chi connectivity index (χ2v) is 11.1. The number of halogens is 2. The molecule has 0 amide bonds. The maximum atomic E-state index is 10.6. The third-order valence-electron chi connectivity index (χ3n) is 7.83. The highest BCUT2D eigenvalue weighted by molar-refractivity contribution is 7.59. The van der Waals surface area contributed by atoms with Gasteiger partial charge in [-0.25, -0.2) is 9.97 Å². The van der Waals surface area contributed by atoms with Crippen LogP contribution in [0, 0.1) is 11.8 Å². The first kappa shape index (κ1) is 31.1. The van der Waals surface area contributed by atoms with Crippen LogP contribution in [0.4, 0.5) is 0 Å². The maximum absolute atomic E-state index is 10.6. The Labute approximate surface area is 248 Å². The number of fused-ring (bicyclic) bond motifs is 2. The minimum Gasteiger partial charge on any atom is -0.387 e. The molecule has 2 aliphatic carbocycles.